The molecular formula is C92H106Cl4F4N20O16. The second-order valence-electron chi connectivity index (χ2n) is 35.9. The minimum absolute atomic E-state index is 0.0548. The smallest absolute Gasteiger partial charge is 0.320 e. The molecule has 1 saturated carbocycles. The lowest BCUT2D eigenvalue weighted by Crippen LogP contribution is -2.39. The molecule has 8 aliphatic heterocycles. The molecule has 1 fully saturated rings. The number of Topliss-reactive ketones (excluding diaryl/α,β-unsaturated/α-hetero) is 4. The Hall–Kier alpha value is -11.9. The first-order chi connectivity index (χ1) is 64.6. The van der Waals surface area contributed by atoms with Gasteiger partial charge in [-0.3, -0.25) is 76.4 Å². The van der Waals surface area contributed by atoms with Crippen molar-refractivity contribution in [1.29, 1.82) is 0 Å². The van der Waals surface area contributed by atoms with E-state index >= 15 is 0 Å². The minimum Gasteiger partial charge on any atom is -0.320 e. The minimum atomic E-state index is -0.569. The normalized spacial score (nSPS) is 18.5. The van der Waals surface area contributed by atoms with E-state index in [0.717, 1.165) is 35.6 Å². The Balaban J connectivity index is 0.000000145. The van der Waals surface area contributed by atoms with E-state index in [9.17, 15) is 75.1 Å². The summed E-state index contributed by atoms with van der Waals surface area (Å²) in [6.07, 6.45) is 6.35. The average Bonchev–Trinajstić information content (AvgIpc) is 1.63. The summed E-state index contributed by atoms with van der Waals surface area (Å²) in [5.74, 6) is -2.84. The van der Waals surface area contributed by atoms with E-state index in [1.807, 2.05) is 41.5 Å². The Morgan fingerprint density at radius 2 is 0.676 bits per heavy atom. The van der Waals surface area contributed by atoms with Gasteiger partial charge in [-0.25, -0.2) is 57.0 Å². The first-order valence-corrected chi connectivity index (χ1v) is 46.4. The highest BCUT2D eigenvalue weighted by Crippen LogP contribution is 2.37. The van der Waals surface area contributed by atoms with Gasteiger partial charge in [0.25, 0.3) is 23.6 Å². The molecule has 0 radical (unpaired) electrons. The zero-order chi connectivity index (χ0) is 97.7. The maximum absolute atomic E-state index is 13.4. The predicted molar refractivity (Wildman–Crippen MR) is 489 cm³/mol. The number of benzene rings is 4. The predicted octanol–water partition coefficient (Wildman–Crippen LogP) is 14.5. The van der Waals surface area contributed by atoms with Crippen LogP contribution in [0, 0.1) is 40.5 Å². The van der Waals surface area contributed by atoms with E-state index in [-0.39, 0.29) is 153 Å². The fraction of sp³-hybridized carbons (Fsp3) is 0.478. The van der Waals surface area contributed by atoms with Crippen molar-refractivity contribution in [3.05, 3.63) is 184 Å². The summed E-state index contributed by atoms with van der Waals surface area (Å²) in [7, 11) is 6.18. The van der Waals surface area contributed by atoms with E-state index in [0.29, 0.717) is 204 Å². The van der Waals surface area contributed by atoms with Crippen LogP contribution in [0.3, 0.4) is 0 Å². The SMILES string of the molecule is CC(C)C(=O)CCC1Cn2nc3c(c2C(=O)N(C)O1)CN(C(=O)Nc1ccc(F)c(Cl)c1)CC3.CCC(=O)CCC1Cn2nc3c(c2C(=O)N(C)O1)CN(C(=O)Nc1ccc(F)c(Cl)c1)CC3.CN1OC(CCC(=O)C(C)(C)C)Cn2nc3c(c2C1=O)CN(C(=O)Nc1ccc(F)c(Cl)c1)CC3.CN1OC(CCC(=O)C2CC2)Cn2nc3c(c2C1=O)CN(C(=O)Nc1ccc(F)c(Cl)c1)CC3. The third-order valence-corrected chi connectivity index (χ3v) is 25.9. The van der Waals surface area contributed by atoms with Crippen LogP contribution in [-0.4, -0.2) is 229 Å². The molecule has 12 heterocycles. The Labute approximate surface area is 800 Å². The van der Waals surface area contributed by atoms with Crippen LogP contribution >= 0.6 is 46.4 Å². The van der Waals surface area contributed by atoms with E-state index in [2.05, 4.69) is 41.7 Å². The second kappa shape index (κ2) is 42.8. The van der Waals surface area contributed by atoms with Crippen LogP contribution in [0.1, 0.15) is 199 Å². The van der Waals surface area contributed by atoms with Crippen molar-refractivity contribution in [2.75, 3.05) is 75.6 Å². The first-order valence-electron chi connectivity index (χ1n) is 44.9. The number of fused-ring (bicyclic) bond motifs is 12. The molecule has 44 heteroatoms. The molecule has 9 aliphatic rings. The Morgan fingerprint density at radius 3 is 0.926 bits per heavy atom. The molecule has 726 valence electrons. The quantitative estimate of drug-likeness (QED) is 0.0546. The molecular weight excluding hydrogens is 1860 g/mol. The number of carbonyl (C=O) groups excluding carboxylic acids is 12. The van der Waals surface area contributed by atoms with Crippen molar-refractivity contribution < 1.29 is 94.4 Å². The molecule has 0 bridgehead atoms. The van der Waals surface area contributed by atoms with Crippen molar-refractivity contribution in [2.24, 2.45) is 17.3 Å². The van der Waals surface area contributed by atoms with Crippen LogP contribution in [0.5, 0.6) is 0 Å². The summed E-state index contributed by atoms with van der Waals surface area (Å²) in [5, 5.41) is 33.8. The Kier molecular flexibility index (Phi) is 31.5. The number of hydrogen-bond acceptors (Lipinski definition) is 20. The number of amides is 12. The maximum atomic E-state index is 13.4. The van der Waals surface area contributed by atoms with E-state index in [1.165, 1.54) is 100 Å². The monoisotopic (exact) mass is 1960 g/mol. The summed E-state index contributed by atoms with van der Waals surface area (Å²) >= 11 is 23.2. The number of halogens is 8. The summed E-state index contributed by atoms with van der Waals surface area (Å²) < 4.78 is 60.2. The van der Waals surface area contributed by atoms with Crippen LogP contribution < -0.4 is 21.3 Å². The van der Waals surface area contributed by atoms with Crippen LogP contribution in [0.25, 0.3) is 0 Å². The summed E-state index contributed by atoms with van der Waals surface area (Å²) in [5.41, 5.74) is 8.42. The number of ketones is 4. The molecule has 8 aromatic rings. The standard InChI is InChI=1S/C24H29ClFN5O4.C23H25ClFN5O4.C23H27ClFN5O4.C22H25ClFN5O4/c1-24(2,3)20(32)8-6-15-12-31-21(22(33)29(4)35-15)16-13-30(10-9-19(16)28-31)23(34)27-14-5-7-18(26)17(25)11-14;1-28-22(32)21-16-12-29(23(33)26-14-4-6-18(25)17(24)10-14)9-8-19(16)27-30(21)11-15(34-28)5-7-20(31)13-2-3-13;1-13(2)20(31)7-5-15-11-30-21(22(32)28(3)34-15)16-12-29(9-8-19(16)27-30)23(33)26-14-4-6-18(25)17(24)10-14;1-3-14(30)5-6-15-11-29-20(21(31)27(2)33-15)16-12-28(9-8-19(16)26-29)22(32)25-13-4-7-18(24)17(23)10-13/h5,7,11,15H,6,8-10,12-13H2,1-4H3,(H,27,34);4,6,10,13,15H,2-3,5,7-9,11-12H2,1H3,(H,26,33);4,6,10,13,15H,5,7-9,11-12H2,1-3H3,(H,26,33);4,7,10,15H,3,5-6,8-9,11-12H2,1-2H3,(H,25,32). The fourth-order valence-corrected chi connectivity index (χ4v) is 17.5. The van der Waals surface area contributed by atoms with Crippen molar-refractivity contribution in [1.82, 2.24) is 79.0 Å². The maximum Gasteiger partial charge on any atom is 0.322 e. The number of carbonyl (C=O) groups is 12. The topological polar surface area (TPSA) is 387 Å². The third-order valence-electron chi connectivity index (χ3n) is 24.7. The number of nitrogens with one attached hydrogen (secondary N) is 4. The van der Waals surface area contributed by atoms with Crippen LogP contribution in [0.15, 0.2) is 72.8 Å². The molecule has 4 N–H and O–H groups in total. The first kappa shape index (κ1) is 100. The van der Waals surface area contributed by atoms with E-state index < -0.39 is 28.7 Å². The molecule has 4 unspecified atom stereocenters. The van der Waals surface area contributed by atoms with Gasteiger partial charge in [-0.15, -0.1) is 0 Å². The van der Waals surface area contributed by atoms with Gasteiger partial charge in [-0.05, 0) is 111 Å². The highest BCUT2D eigenvalue weighted by molar-refractivity contribution is 6.32. The van der Waals surface area contributed by atoms with Crippen molar-refractivity contribution in [2.45, 2.75) is 215 Å². The van der Waals surface area contributed by atoms with Crippen LogP contribution in [0.4, 0.5) is 59.5 Å². The summed E-state index contributed by atoms with van der Waals surface area (Å²) in [6, 6.07) is 14.3. The lowest BCUT2D eigenvalue weighted by molar-refractivity contribution is -0.153. The average molecular weight is 1970 g/mol. The second-order valence-corrected chi connectivity index (χ2v) is 37.6. The molecule has 1 aliphatic carbocycles. The highest BCUT2D eigenvalue weighted by Gasteiger charge is 2.43. The molecule has 36 nitrogen and oxygen atoms in total. The zero-order valence-corrected chi connectivity index (χ0v) is 79.7. The number of nitrogens with zero attached hydrogens (tertiary/aromatic N) is 16. The number of urea groups is 4. The Bertz CT molecular complexity index is 5830. The number of hydrogen-bond donors (Lipinski definition) is 4. The Morgan fingerprint density at radius 1 is 0.412 bits per heavy atom. The molecule has 0 saturated heterocycles. The van der Waals surface area contributed by atoms with Crippen LogP contribution in [-0.2, 0) is 117 Å². The van der Waals surface area contributed by atoms with E-state index in [4.69, 9.17) is 65.8 Å². The number of anilines is 4. The molecule has 0 spiro atoms. The van der Waals surface area contributed by atoms with Gasteiger partial charge in [0.2, 0.25) is 0 Å². The van der Waals surface area contributed by atoms with Gasteiger partial charge >= 0.3 is 24.1 Å². The van der Waals surface area contributed by atoms with Crippen molar-refractivity contribution in [3.63, 3.8) is 0 Å². The number of rotatable bonds is 19. The van der Waals surface area contributed by atoms with E-state index in [1.54, 1.807) is 59.5 Å². The summed E-state index contributed by atoms with van der Waals surface area (Å²) in [6.45, 7) is 15.0. The van der Waals surface area contributed by atoms with Crippen LogP contribution in [0.2, 0.25) is 20.1 Å². The molecule has 4 aromatic carbocycles. The van der Waals surface area contributed by atoms with Gasteiger partial charge < -0.3 is 40.9 Å². The fourth-order valence-electron chi connectivity index (χ4n) is 16.8. The highest BCUT2D eigenvalue weighted by atomic mass is 35.5. The summed E-state index contributed by atoms with van der Waals surface area (Å²) in [4.78, 5) is 182. The van der Waals surface area contributed by atoms with Gasteiger partial charge in [0.05, 0.1) is 95.2 Å². The van der Waals surface area contributed by atoms with Gasteiger partial charge in [-0.2, -0.15) is 20.4 Å². The molecule has 12 amide bonds. The van der Waals surface area contributed by atoms with Gasteiger partial charge in [0, 0.05) is 174 Å². The van der Waals surface area contributed by atoms with Crippen molar-refractivity contribution in [3.8, 4) is 0 Å². The largest absolute Gasteiger partial charge is 0.322 e. The zero-order valence-electron chi connectivity index (χ0n) is 76.7. The number of hydroxylamine groups is 8. The molecule has 17 rings (SSSR count). The molecule has 4 atom stereocenters. The molecule has 4 aromatic heterocycles. The lowest BCUT2D eigenvalue weighted by Gasteiger charge is -2.27. The van der Waals surface area contributed by atoms with Gasteiger partial charge in [0.15, 0.2) is 0 Å². The number of aromatic nitrogens is 8. The molecule has 136 heavy (non-hydrogen) atoms. The van der Waals surface area contributed by atoms with Gasteiger partial charge in [0.1, 0.15) is 93.6 Å². The van der Waals surface area contributed by atoms with Crippen molar-refractivity contribution >= 4 is 140 Å². The lowest BCUT2D eigenvalue weighted by atomic mass is 9.87. The van der Waals surface area contributed by atoms with Gasteiger partial charge in [-0.1, -0.05) is 87.9 Å². The third kappa shape index (κ3) is 23.7.